The van der Waals surface area contributed by atoms with Crippen molar-refractivity contribution in [2.45, 2.75) is 258 Å². The highest BCUT2D eigenvalue weighted by molar-refractivity contribution is 7.47. The first-order valence-electron chi connectivity index (χ1n) is 25.3. The molecule has 8 nitrogen and oxygen atoms in total. The van der Waals surface area contributed by atoms with Gasteiger partial charge in [-0.05, 0) is 44.9 Å². The number of hydrogen-bond donors (Lipinski definition) is 2. The Hall–Kier alpha value is -1.02. The van der Waals surface area contributed by atoms with Crippen LogP contribution in [0.25, 0.3) is 0 Å². The summed E-state index contributed by atoms with van der Waals surface area (Å²) in [6.45, 7) is 4.96. The van der Waals surface area contributed by atoms with Gasteiger partial charge >= 0.3 is 13.8 Å². The first kappa shape index (κ1) is 58.0. The molecular weight excluding hydrogens is 758 g/mol. The van der Waals surface area contributed by atoms with Gasteiger partial charge in [-0.1, -0.05) is 224 Å². The molecule has 0 aromatic heterocycles. The Morgan fingerprint density at radius 3 is 1.32 bits per heavy atom. The minimum absolute atomic E-state index is 0.0926. The summed E-state index contributed by atoms with van der Waals surface area (Å²) in [6, 6.07) is 0. The Balaban J connectivity index is 3.86. The van der Waals surface area contributed by atoms with Crippen molar-refractivity contribution < 1.29 is 32.8 Å². The van der Waals surface area contributed by atoms with Crippen LogP contribution in [0.15, 0.2) is 24.3 Å². The third-order valence-corrected chi connectivity index (χ3v) is 12.1. The summed E-state index contributed by atoms with van der Waals surface area (Å²) in [7, 11) is -4.28. The van der Waals surface area contributed by atoms with E-state index in [9.17, 15) is 14.3 Å². The van der Waals surface area contributed by atoms with Gasteiger partial charge in [-0.25, -0.2) is 4.57 Å². The van der Waals surface area contributed by atoms with E-state index in [2.05, 4.69) is 38.2 Å². The number of rotatable bonds is 49. The monoisotopic (exact) mass is 856 g/mol. The molecule has 0 radical (unpaired) electrons. The Morgan fingerprint density at radius 1 is 0.508 bits per heavy atom. The van der Waals surface area contributed by atoms with E-state index in [1.165, 1.54) is 193 Å². The van der Waals surface area contributed by atoms with Crippen molar-refractivity contribution in [2.24, 2.45) is 5.73 Å². The summed E-state index contributed by atoms with van der Waals surface area (Å²) in [5.74, 6) is -0.326. The van der Waals surface area contributed by atoms with Gasteiger partial charge in [-0.15, -0.1) is 0 Å². The minimum Gasteiger partial charge on any atom is -0.457 e. The molecule has 0 amide bonds. The van der Waals surface area contributed by atoms with E-state index in [1.807, 2.05) is 0 Å². The highest BCUT2D eigenvalue weighted by Gasteiger charge is 2.25. The molecule has 0 spiro atoms. The fourth-order valence-electron chi connectivity index (χ4n) is 7.38. The third kappa shape index (κ3) is 47.9. The van der Waals surface area contributed by atoms with Crippen LogP contribution in [-0.2, 0) is 27.9 Å². The number of phosphoric ester groups is 1. The molecule has 0 rings (SSSR count). The molecule has 9 heteroatoms. The van der Waals surface area contributed by atoms with Crippen LogP contribution < -0.4 is 5.73 Å². The Kier molecular flexibility index (Phi) is 47.2. The van der Waals surface area contributed by atoms with Crippen LogP contribution in [0.1, 0.15) is 251 Å². The lowest BCUT2D eigenvalue weighted by molar-refractivity contribution is -0.154. The number of carbonyl (C=O) groups is 1. The van der Waals surface area contributed by atoms with Crippen LogP contribution in [-0.4, -0.2) is 49.9 Å². The second kappa shape index (κ2) is 48.0. The van der Waals surface area contributed by atoms with Crippen molar-refractivity contribution in [1.82, 2.24) is 0 Å². The predicted molar refractivity (Wildman–Crippen MR) is 252 cm³/mol. The maximum atomic E-state index is 12.6. The Labute approximate surface area is 366 Å². The quantitative estimate of drug-likeness (QED) is 0.0269. The van der Waals surface area contributed by atoms with Gasteiger partial charge < -0.3 is 20.1 Å². The first-order valence-corrected chi connectivity index (χ1v) is 26.8. The largest absolute Gasteiger partial charge is 0.472 e. The Bertz CT molecular complexity index is 962. The molecule has 0 aliphatic carbocycles. The van der Waals surface area contributed by atoms with Gasteiger partial charge in [0.2, 0.25) is 0 Å². The number of hydrogen-bond acceptors (Lipinski definition) is 7. The van der Waals surface area contributed by atoms with Gasteiger partial charge in [0.05, 0.1) is 19.8 Å². The van der Waals surface area contributed by atoms with Crippen molar-refractivity contribution in [3.63, 3.8) is 0 Å². The van der Waals surface area contributed by atoms with Crippen molar-refractivity contribution in [1.29, 1.82) is 0 Å². The van der Waals surface area contributed by atoms with Gasteiger partial charge in [0.1, 0.15) is 6.10 Å². The topological polar surface area (TPSA) is 117 Å². The summed E-state index contributed by atoms with van der Waals surface area (Å²) in [5, 5.41) is 0. The number of esters is 1. The standard InChI is InChI=1S/C50H98NO7P/c1-3-5-7-9-11-13-15-17-19-20-21-22-23-24-25-26-27-28-29-30-32-34-36-38-40-42-45-55-47-49(48-57-59(53,54)56-46-44-51)58-50(52)43-41-39-37-35-33-31-18-16-14-12-10-8-6-4-2/h15,17,20-21,49H,3-14,16,18-19,22-48,51H2,1-2H3,(H,53,54)/b17-15-,21-20-. The zero-order valence-electron chi connectivity index (χ0n) is 39.0. The molecule has 0 aliphatic heterocycles. The minimum atomic E-state index is -4.28. The van der Waals surface area contributed by atoms with Crippen LogP contribution in [0.3, 0.4) is 0 Å². The predicted octanol–water partition coefficient (Wildman–Crippen LogP) is 15.6. The van der Waals surface area contributed by atoms with Crippen LogP contribution >= 0.6 is 7.82 Å². The maximum absolute atomic E-state index is 12.6. The lowest BCUT2D eigenvalue weighted by Crippen LogP contribution is -2.28. The fourth-order valence-corrected chi connectivity index (χ4v) is 8.15. The lowest BCUT2D eigenvalue weighted by atomic mass is 10.0. The van der Waals surface area contributed by atoms with E-state index < -0.39 is 13.9 Å². The molecule has 0 aromatic carbocycles. The molecule has 0 saturated heterocycles. The van der Waals surface area contributed by atoms with E-state index in [4.69, 9.17) is 24.3 Å². The van der Waals surface area contributed by atoms with E-state index in [0.29, 0.717) is 13.0 Å². The number of allylic oxidation sites excluding steroid dienone is 4. The number of nitrogens with two attached hydrogens (primary N) is 1. The van der Waals surface area contributed by atoms with Gasteiger partial charge in [0.25, 0.3) is 0 Å². The van der Waals surface area contributed by atoms with Crippen molar-refractivity contribution in [2.75, 3.05) is 33.0 Å². The number of unbranched alkanes of at least 4 members (excludes halogenated alkanes) is 32. The normalized spacial score (nSPS) is 13.5. The van der Waals surface area contributed by atoms with E-state index >= 15 is 0 Å². The zero-order valence-corrected chi connectivity index (χ0v) is 39.9. The summed E-state index contributed by atoms with van der Waals surface area (Å²) < 4.78 is 33.5. The third-order valence-electron chi connectivity index (χ3n) is 11.1. The van der Waals surface area contributed by atoms with E-state index in [1.54, 1.807) is 0 Å². The molecule has 0 fully saturated rings. The highest BCUT2D eigenvalue weighted by atomic mass is 31.2. The number of phosphoric acid groups is 1. The molecule has 0 heterocycles. The average Bonchev–Trinajstić information content (AvgIpc) is 3.23. The average molecular weight is 856 g/mol. The summed E-state index contributed by atoms with van der Waals surface area (Å²) in [4.78, 5) is 22.5. The molecule has 0 bridgehead atoms. The van der Waals surface area contributed by atoms with Crippen LogP contribution in [0.5, 0.6) is 0 Å². The molecular formula is C50H98NO7P. The summed E-state index contributed by atoms with van der Waals surface area (Å²) in [5.41, 5.74) is 5.38. The molecule has 0 aromatic rings. The summed E-state index contributed by atoms with van der Waals surface area (Å²) >= 11 is 0. The van der Waals surface area contributed by atoms with Crippen LogP contribution in [0.2, 0.25) is 0 Å². The number of carbonyl (C=O) groups excluding carboxylic acids is 1. The lowest BCUT2D eigenvalue weighted by Gasteiger charge is -2.20. The molecule has 2 unspecified atom stereocenters. The molecule has 3 N–H and O–H groups in total. The SMILES string of the molecule is CCCCCCC/C=C\C/C=C\CCCCCCCCCCCCCCCCOCC(COP(=O)(O)OCCN)OC(=O)CCCCCCCCCCCCCCCC. The summed E-state index contributed by atoms with van der Waals surface area (Å²) in [6.07, 6.45) is 55.0. The second-order valence-corrected chi connectivity index (χ2v) is 18.5. The van der Waals surface area contributed by atoms with Gasteiger partial charge in [0, 0.05) is 19.6 Å². The van der Waals surface area contributed by atoms with Gasteiger partial charge in [-0.2, -0.15) is 0 Å². The molecule has 350 valence electrons. The first-order chi connectivity index (χ1) is 28.9. The highest BCUT2D eigenvalue weighted by Crippen LogP contribution is 2.43. The van der Waals surface area contributed by atoms with E-state index in [0.717, 1.165) is 38.5 Å². The van der Waals surface area contributed by atoms with Crippen molar-refractivity contribution in [3.05, 3.63) is 24.3 Å². The molecule has 0 aliphatic rings. The van der Waals surface area contributed by atoms with Gasteiger partial charge in [0.15, 0.2) is 0 Å². The molecule has 59 heavy (non-hydrogen) atoms. The smallest absolute Gasteiger partial charge is 0.457 e. The van der Waals surface area contributed by atoms with Gasteiger partial charge in [-0.3, -0.25) is 13.8 Å². The van der Waals surface area contributed by atoms with E-state index in [-0.39, 0.29) is 32.3 Å². The zero-order chi connectivity index (χ0) is 43.0. The molecule has 0 saturated carbocycles. The maximum Gasteiger partial charge on any atom is 0.472 e. The van der Waals surface area contributed by atoms with Crippen molar-refractivity contribution in [3.8, 4) is 0 Å². The fraction of sp³-hybridized carbons (Fsp3) is 0.900. The van der Waals surface area contributed by atoms with Crippen LogP contribution in [0, 0.1) is 0 Å². The second-order valence-electron chi connectivity index (χ2n) is 17.0. The Morgan fingerprint density at radius 2 is 0.898 bits per heavy atom. The molecule has 2 atom stereocenters. The van der Waals surface area contributed by atoms with Crippen LogP contribution in [0.4, 0.5) is 0 Å². The number of ether oxygens (including phenoxy) is 2. The van der Waals surface area contributed by atoms with Crippen molar-refractivity contribution >= 4 is 13.8 Å².